The Morgan fingerprint density at radius 2 is 2.09 bits per heavy atom. The van der Waals surface area contributed by atoms with Crippen molar-refractivity contribution in [2.75, 3.05) is 19.4 Å². The van der Waals surface area contributed by atoms with Gasteiger partial charge in [0.2, 0.25) is 5.91 Å². The number of carbonyl (C=O) groups excluding carboxylic acids is 1. The molecule has 6 nitrogen and oxygen atoms in total. The lowest BCUT2D eigenvalue weighted by molar-refractivity contribution is -0.119. The Bertz CT molecular complexity index is 752. The number of benzene rings is 1. The summed E-state index contributed by atoms with van der Waals surface area (Å²) in [6.07, 6.45) is 0.688. The highest BCUT2D eigenvalue weighted by Crippen LogP contribution is 2.19. The molecule has 0 fully saturated rings. The highest BCUT2D eigenvalue weighted by Gasteiger charge is 2.15. The number of amides is 1. The molecule has 0 aliphatic carbocycles. The molecule has 1 amide bonds. The fourth-order valence-electron chi connectivity index (χ4n) is 2.05. The van der Waals surface area contributed by atoms with Crippen molar-refractivity contribution in [3.05, 3.63) is 46.4 Å². The van der Waals surface area contributed by atoms with Crippen LogP contribution in [0.15, 0.2) is 35.1 Å². The van der Waals surface area contributed by atoms with Gasteiger partial charge in [0.05, 0.1) is 6.04 Å². The van der Waals surface area contributed by atoms with E-state index in [4.69, 9.17) is 0 Å². The van der Waals surface area contributed by atoms with Gasteiger partial charge in [0, 0.05) is 23.0 Å². The average molecular weight is 314 g/mol. The van der Waals surface area contributed by atoms with Gasteiger partial charge in [-0.3, -0.25) is 14.5 Å². The number of anilines is 1. The molecule has 0 saturated carbocycles. The van der Waals surface area contributed by atoms with Crippen LogP contribution in [0.25, 0.3) is 11.4 Å². The summed E-state index contributed by atoms with van der Waals surface area (Å²) in [5, 5.41) is 2.88. The third-order valence-electron chi connectivity index (χ3n) is 3.71. The lowest BCUT2D eigenvalue weighted by Crippen LogP contribution is -2.37. The molecule has 0 spiro atoms. The number of likely N-dealkylation sites (N-methyl/N-ethyl adjacent to an activating group) is 1. The van der Waals surface area contributed by atoms with Gasteiger partial charge in [-0.15, -0.1) is 0 Å². The van der Waals surface area contributed by atoms with Gasteiger partial charge in [-0.1, -0.05) is 19.1 Å². The predicted molar refractivity (Wildman–Crippen MR) is 91.5 cm³/mol. The Kier molecular flexibility index (Phi) is 5.28. The zero-order valence-corrected chi connectivity index (χ0v) is 13.9. The topological polar surface area (TPSA) is 78.1 Å². The highest BCUT2D eigenvalue weighted by atomic mass is 16.2. The van der Waals surface area contributed by atoms with Crippen molar-refractivity contribution in [3.8, 4) is 11.4 Å². The summed E-state index contributed by atoms with van der Waals surface area (Å²) in [6.45, 7) is 3.79. The minimum Gasteiger partial charge on any atom is -0.325 e. The van der Waals surface area contributed by atoms with Crippen molar-refractivity contribution >= 4 is 11.6 Å². The van der Waals surface area contributed by atoms with E-state index in [-0.39, 0.29) is 17.5 Å². The van der Waals surface area contributed by atoms with E-state index in [0.29, 0.717) is 17.9 Å². The van der Waals surface area contributed by atoms with E-state index in [0.717, 1.165) is 11.3 Å². The first kappa shape index (κ1) is 16.9. The van der Waals surface area contributed by atoms with E-state index in [1.807, 2.05) is 51.0 Å². The van der Waals surface area contributed by atoms with Crippen molar-refractivity contribution < 1.29 is 4.79 Å². The average Bonchev–Trinajstić information content (AvgIpc) is 2.53. The molecule has 6 heteroatoms. The standard InChI is InChI=1S/C17H22N4O2/c1-5-13-10-15(22)20-16(18-13)12-7-6-8-14(9-12)19-17(23)11(2)21(3)4/h6-11H,5H2,1-4H3,(H,19,23)(H,18,20,22)/t11-/m1/s1. The fourth-order valence-corrected chi connectivity index (χ4v) is 2.05. The van der Waals surface area contributed by atoms with Crippen LogP contribution in [-0.2, 0) is 11.2 Å². The second-order valence-corrected chi connectivity index (χ2v) is 5.65. The van der Waals surface area contributed by atoms with Gasteiger partial charge in [-0.05, 0) is 39.6 Å². The summed E-state index contributed by atoms with van der Waals surface area (Å²) in [5.41, 5.74) is 1.99. The Morgan fingerprint density at radius 3 is 2.74 bits per heavy atom. The lowest BCUT2D eigenvalue weighted by atomic mass is 10.1. The van der Waals surface area contributed by atoms with Crippen LogP contribution in [0.1, 0.15) is 19.5 Å². The number of aryl methyl sites for hydroxylation is 1. The normalized spacial score (nSPS) is 12.2. The summed E-state index contributed by atoms with van der Waals surface area (Å²) in [5.74, 6) is 0.419. The molecule has 23 heavy (non-hydrogen) atoms. The highest BCUT2D eigenvalue weighted by molar-refractivity contribution is 5.95. The number of H-pyrrole nitrogens is 1. The molecule has 2 N–H and O–H groups in total. The number of nitrogens with one attached hydrogen (secondary N) is 2. The van der Waals surface area contributed by atoms with Crippen molar-refractivity contribution in [1.82, 2.24) is 14.9 Å². The van der Waals surface area contributed by atoms with E-state index in [1.165, 1.54) is 6.07 Å². The number of carbonyl (C=O) groups is 1. The van der Waals surface area contributed by atoms with Gasteiger partial charge in [0.1, 0.15) is 5.82 Å². The number of aromatic nitrogens is 2. The molecule has 0 aliphatic rings. The fraction of sp³-hybridized carbons (Fsp3) is 0.353. The summed E-state index contributed by atoms with van der Waals surface area (Å²) >= 11 is 0. The number of nitrogens with zero attached hydrogens (tertiary/aromatic N) is 2. The van der Waals surface area contributed by atoms with Crippen molar-refractivity contribution in [3.63, 3.8) is 0 Å². The van der Waals surface area contributed by atoms with Gasteiger partial charge in [-0.2, -0.15) is 0 Å². The SMILES string of the molecule is CCc1cc(=O)[nH]c(-c2cccc(NC(=O)[C@@H](C)N(C)C)c2)n1. The Morgan fingerprint density at radius 1 is 1.35 bits per heavy atom. The zero-order valence-electron chi connectivity index (χ0n) is 13.9. The Labute approximate surface area is 135 Å². The smallest absolute Gasteiger partial charge is 0.251 e. The van der Waals surface area contributed by atoms with Crippen LogP contribution in [0.2, 0.25) is 0 Å². The largest absolute Gasteiger partial charge is 0.325 e. The van der Waals surface area contributed by atoms with Crippen molar-refractivity contribution in [2.24, 2.45) is 0 Å². The quantitative estimate of drug-likeness (QED) is 0.883. The first-order chi connectivity index (χ1) is 10.9. The maximum absolute atomic E-state index is 12.1. The molecule has 2 aromatic rings. The van der Waals surface area contributed by atoms with E-state index < -0.39 is 0 Å². The van der Waals surface area contributed by atoms with Crippen LogP contribution < -0.4 is 10.9 Å². The Hall–Kier alpha value is -2.47. The predicted octanol–water partition coefficient (Wildman–Crippen LogP) is 1.89. The maximum atomic E-state index is 12.1. The molecule has 2 rings (SSSR count). The molecule has 0 aliphatic heterocycles. The van der Waals surface area contributed by atoms with Gasteiger partial charge < -0.3 is 10.3 Å². The number of hydrogen-bond donors (Lipinski definition) is 2. The van der Waals surface area contributed by atoms with Crippen LogP contribution in [0, 0.1) is 0 Å². The molecule has 0 radical (unpaired) electrons. The van der Waals surface area contributed by atoms with E-state index in [2.05, 4.69) is 15.3 Å². The summed E-state index contributed by atoms with van der Waals surface area (Å²) < 4.78 is 0. The van der Waals surface area contributed by atoms with Gasteiger partial charge >= 0.3 is 0 Å². The van der Waals surface area contributed by atoms with Crippen molar-refractivity contribution in [2.45, 2.75) is 26.3 Å². The molecule has 0 saturated heterocycles. The van der Waals surface area contributed by atoms with Crippen molar-refractivity contribution in [1.29, 1.82) is 0 Å². The molecule has 1 aromatic carbocycles. The van der Waals surface area contributed by atoms with E-state index in [1.54, 1.807) is 6.07 Å². The first-order valence-corrected chi connectivity index (χ1v) is 7.58. The molecule has 122 valence electrons. The van der Waals surface area contributed by atoms with Gasteiger partial charge in [0.15, 0.2) is 0 Å². The third kappa shape index (κ3) is 4.26. The minimum atomic E-state index is -0.236. The van der Waals surface area contributed by atoms with E-state index in [9.17, 15) is 9.59 Å². The zero-order chi connectivity index (χ0) is 17.0. The lowest BCUT2D eigenvalue weighted by Gasteiger charge is -2.19. The number of rotatable bonds is 5. The summed E-state index contributed by atoms with van der Waals surface area (Å²) in [7, 11) is 3.71. The summed E-state index contributed by atoms with van der Waals surface area (Å²) in [6, 6.07) is 8.55. The minimum absolute atomic E-state index is 0.0871. The first-order valence-electron chi connectivity index (χ1n) is 7.58. The number of hydrogen-bond acceptors (Lipinski definition) is 4. The number of aromatic amines is 1. The monoisotopic (exact) mass is 314 g/mol. The molecule has 1 atom stereocenters. The molecule has 0 bridgehead atoms. The summed E-state index contributed by atoms with van der Waals surface area (Å²) in [4.78, 5) is 32.8. The molecular weight excluding hydrogens is 292 g/mol. The molecule has 1 aromatic heterocycles. The molecular formula is C17H22N4O2. The maximum Gasteiger partial charge on any atom is 0.251 e. The van der Waals surface area contributed by atoms with Crippen LogP contribution in [-0.4, -0.2) is 40.9 Å². The second kappa shape index (κ2) is 7.19. The van der Waals surface area contributed by atoms with Crippen LogP contribution in [0.3, 0.4) is 0 Å². The van der Waals surface area contributed by atoms with Gasteiger partial charge in [0.25, 0.3) is 5.56 Å². The van der Waals surface area contributed by atoms with Crippen LogP contribution in [0.5, 0.6) is 0 Å². The van der Waals surface area contributed by atoms with E-state index >= 15 is 0 Å². The molecule has 0 unspecified atom stereocenters. The Balaban J connectivity index is 2.28. The second-order valence-electron chi connectivity index (χ2n) is 5.65. The van der Waals surface area contributed by atoms with Gasteiger partial charge in [-0.25, -0.2) is 4.98 Å². The van der Waals surface area contributed by atoms with Crippen LogP contribution >= 0.6 is 0 Å². The van der Waals surface area contributed by atoms with Crippen LogP contribution in [0.4, 0.5) is 5.69 Å². The third-order valence-corrected chi connectivity index (χ3v) is 3.71. The molecule has 1 heterocycles.